The van der Waals surface area contributed by atoms with Gasteiger partial charge in [-0.05, 0) is 36.8 Å². The molecular formula is C19H30O8. The lowest BCUT2D eigenvalue weighted by atomic mass is 9.71. The molecular weight excluding hydrogens is 356 g/mol. The Bertz CT molecular complexity index is 609. The van der Waals surface area contributed by atoms with Crippen LogP contribution >= 0.6 is 0 Å². The maximum atomic E-state index is 12.1. The lowest BCUT2D eigenvalue weighted by molar-refractivity contribution is -0.306. The summed E-state index contributed by atoms with van der Waals surface area (Å²) in [5.41, 5.74) is 0.897. The molecule has 0 spiro atoms. The van der Waals surface area contributed by atoms with Crippen LogP contribution in [0.4, 0.5) is 0 Å². The highest BCUT2D eigenvalue weighted by Gasteiger charge is 2.44. The summed E-state index contributed by atoms with van der Waals surface area (Å²) in [6.45, 7) is 6.72. The average molecular weight is 386 g/mol. The highest BCUT2D eigenvalue weighted by Crippen LogP contribution is 2.39. The van der Waals surface area contributed by atoms with Gasteiger partial charge in [0.2, 0.25) is 0 Å². The molecule has 7 unspecified atom stereocenters. The van der Waals surface area contributed by atoms with Crippen LogP contribution < -0.4 is 0 Å². The van der Waals surface area contributed by atoms with Crippen molar-refractivity contribution in [3.8, 4) is 0 Å². The first kappa shape index (κ1) is 22.2. The molecule has 0 aromatic rings. The van der Waals surface area contributed by atoms with E-state index in [1.807, 2.05) is 13.8 Å². The van der Waals surface area contributed by atoms with Crippen LogP contribution in [0.15, 0.2) is 23.3 Å². The van der Waals surface area contributed by atoms with Crippen LogP contribution in [0.2, 0.25) is 0 Å². The van der Waals surface area contributed by atoms with Crippen LogP contribution in [0.25, 0.3) is 0 Å². The summed E-state index contributed by atoms with van der Waals surface area (Å²) in [6.07, 6.45) is -4.45. The van der Waals surface area contributed by atoms with Crippen LogP contribution in [0, 0.1) is 5.41 Å². The summed E-state index contributed by atoms with van der Waals surface area (Å²) in [7, 11) is 0. The number of aliphatic hydroxyl groups is 5. The molecule has 5 N–H and O–H groups in total. The predicted octanol–water partition coefficient (Wildman–Crippen LogP) is -0.576. The van der Waals surface area contributed by atoms with E-state index in [1.54, 1.807) is 26.0 Å². The predicted molar refractivity (Wildman–Crippen MR) is 95.6 cm³/mol. The fourth-order valence-electron chi connectivity index (χ4n) is 3.60. The monoisotopic (exact) mass is 386 g/mol. The average Bonchev–Trinajstić information content (AvgIpc) is 2.59. The van der Waals surface area contributed by atoms with Gasteiger partial charge in [-0.15, -0.1) is 0 Å². The summed E-state index contributed by atoms with van der Waals surface area (Å²) in [6, 6.07) is 0. The number of rotatable bonds is 5. The molecule has 0 saturated carbocycles. The molecule has 1 aliphatic heterocycles. The number of hydrogen-bond donors (Lipinski definition) is 5. The highest BCUT2D eigenvalue weighted by atomic mass is 16.7. The molecule has 1 heterocycles. The number of ketones is 1. The van der Waals surface area contributed by atoms with Crippen molar-refractivity contribution in [3.05, 3.63) is 23.3 Å². The number of carbonyl (C=O) groups excluding carboxylic acids is 1. The van der Waals surface area contributed by atoms with Gasteiger partial charge in [-0.2, -0.15) is 0 Å². The van der Waals surface area contributed by atoms with Crippen LogP contribution in [0.1, 0.15) is 34.1 Å². The van der Waals surface area contributed by atoms with Crippen molar-refractivity contribution in [2.45, 2.75) is 77.0 Å². The fraction of sp³-hybridized carbons (Fsp3) is 0.737. The zero-order chi connectivity index (χ0) is 20.5. The maximum Gasteiger partial charge on any atom is 0.187 e. The molecule has 2 rings (SSSR count). The largest absolute Gasteiger partial charge is 0.394 e. The van der Waals surface area contributed by atoms with E-state index in [0.717, 1.165) is 5.57 Å². The minimum absolute atomic E-state index is 0.295. The summed E-state index contributed by atoms with van der Waals surface area (Å²) < 4.78 is 10.9. The molecule has 8 nitrogen and oxygen atoms in total. The van der Waals surface area contributed by atoms with E-state index in [9.17, 15) is 30.3 Å². The van der Waals surface area contributed by atoms with Gasteiger partial charge >= 0.3 is 0 Å². The molecule has 0 radical (unpaired) electrons. The van der Waals surface area contributed by atoms with Gasteiger partial charge in [0, 0.05) is 0 Å². The van der Waals surface area contributed by atoms with Crippen LogP contribution in [0.3, 0.4) is 0 Å². The Hall–Kier alpha value is -1.13. The summed E-state index contributed by atoms with van der Waals surface area (Å²) in [5.74, 6) is -0.295. The van der Waals surface area contributed by atoms with Crippen molar-refractivity contribution in [3.63, 3.8) is 0 Å². The first-order chi connectivity index (χ1) is 12.5. The smallest absolute Gasteiger partial charge is 0.187 e. The summed E-state index contributed by atoms with van der Waals surface area (Å²) in [4.78, 5) is 12.1. The molecule has 0 aromatic heterocycles. The molecule has 0 aromatic carbocycles. The Labute approximate surface area is 158 Å². The van der Waals surface area contributed by atoms with Crippen molar-refractivity contribution >= 4 is 5.78 Å². The third-order valence-electron chi connectivity index (χ3n) is 5.24. The first-order valence-electron chi connectivity index (χ1n) is 9.07. The second kappa shape index (κ2) is 8.48. The van der Waals surface area contributed by atoms with Crippen LogP contribution in [-0.2, 0) is 14.3 Å². The molecule has 8 heteroatoms. The van der Waals surface area contributed by atoms with E-state index in [1.165, 1.54) is 0 Å². The fourth-order valence-corrected chi connectivity index (χ4v) is 3.60. The standard InChI is InChI=1S/C19H30O8/c1-9(26-18-17(25)16(24)15(23)13(8-20)27-18)5-6-11-10(2)14(22)12(21)7-19(11,3)4/h5-6,9,12-13,15-18,20-21,23-25H,7-8H2,1-4H3. The van der Waals surface area contributed by atoms with E-state index in [-0.39, 0.29) is 5.78 Å². The summed E-state index contributed by atoms with van der Waals surface area (Å²) >= 11 is 0. The van der Waals surface area contributed by atoms with E-state index in [4.69, 9.17) is 9.47 Å². The Kier molecular flexibility index (Phi) is 6.96. The Balaban J connectivity index is 2.10. The summed E-state index contributed by atoms with van der Waals surface area (Å²) in [5, 5.41) is 48.7. The van der Waals surface area contributed by atoms with Gasteiger partial charge in [-0.3, -0.25) is 4.79 Å². The SMILES string of the molecule is CC1=C(C=CC(C)OC2OC(CO)C(O)C(O)C2O)C(C)(C)CC(O)C1=O. The molecule has 27 heavy (non-hydrogen) atoms. The number of carbonyl (C=O) groups is 1. The van der Waals surface area contributed by atoms with Gasteiger partial charge in [-0.1, -0.05) is 26.0 Å². The molecule has 2 aliphatic rings. The second-order valence-corrected chi connectivity index (χ2v) is 7.90. The Morgan fingerprint density at radius 3 is 2.44 bits per heavy atom. The number of allylic oxidation sites excluding steroid dienone is 2. The Morgan fingerprint density at radius 1 is 1.22 bits per heavy atom. The van der Waals surface area contributed by atoms with Gasteiger partial charge in [0.05, 0.1) is 12.7 Å². The maximum absolute atomic E-state index is 12.1. The molecule has 0 amide bonds. The normalized spacial score (nSPS) is 38.5. The van der Waals surface area contributed by atoms with Crippen molar-refractivity contribution < 1.29 is 39.8 Å². The highest BCUT2D eigenvalue weighted by molar-refractivity contribution is 6.00. The molecule has 7 atom stereocenters. The third kappa shape index (κ3) is 4.65. The van der Waals surface area contributed by atoms with E-state index in [2.05, 4.69) is 0 Å². The second-order valence-electron chi connectivity index (χ2n) is 7.90. The zero-order valence-corrected chi connectivity index (χ0v) is 16.1. The van der Waals surface area contributed by atoms with Crippen LogP contribution in [-0.4, -0.2) is 80.8 Å². The van der Waals surface area contributed by atoms with Gasteiger partial charge in [0.25, 0.3) is 0 Å². The molecule has 1 aliphatic carbocycles. The number of aliphatic hydroxyl groups excluding tert-OH is 5. The molecule has 154 valence electrons. The van der Waals surface area contributed by atoms with E-state index >= 15 is 0 Å². The lowest BCUT2D eigenvalue weighted by Crippen LogP contribution is -2.59. The zero-order valence-electron chi connectivity index (χ0n) is 16.1. The number of hydrogen-bond acceptors (Lipinski definition) is 8. The molecule has 1 fully saturated rings. The molecule has 0 bridgehead atoms. The topological polar surface area (TPSA) is 137 Å². The first-order valence-corrected chi connectivity index (χ1v) is 9.07. The van der Waals surface area contributed by atoms with E-state index in [0.29, 0.717) is 12.0 Å². The molecule has 1 saturated heterocycles. The quantitative estimate of drug-likeness (QED) is 0.423. The van der Waals surface area contributed by atoms with Crippen molar-refractivity contribution in [1.29, 1.82) is 0 Å². The van der Waals surface area contributed by atoms with Crippen LogP contribution in [0.5, 0.6) is 0 Å². The van der Waals surface area contributed by atoms with E-state index < -0.39 is 54.9 Å². The van der Waals surface area contributed by atoms with Gasteiger partial charge < -0.3 is 35.0 Å². The number of Topliss-reactive ketones (excluding diaryl/α,β-unsaturated/α-hetero) is 1. The van der Waals surface area contributed by atoms with Crippen molar-refractivity contribution in [2.75, 3.05) is 6.61 Å². The van der Waals surface area contributed by atoms with Gasteiger partial charge in [0.1, 0.15) is 30.5 Å². The van der Waals surface area contributed by atoms with Crippen molar-refractivity contribution in [2.24, 2.45) is 5.41 Å². The van der Waals surface area contributed by atoms with Gasteiger partial charge in [0.15, 0.2) is 12.1 Å². The third-order valence-corrected chi connectivity index (χ3v) is 5.24. The minimum atomic E-state index is -1.50. The van der Waals surface area contributed by atoms with Crippen molar-refractivity contribution in [1.82, 2.24) is 0 Å². The minimum Gasteiger partial charge on any atom is -0.394 e. The van der Waals surface area contributed by atoms with Gasteiger partial charge in [-0.25, -0.2) is 0 Å². The Morgan fingerprint density at radius 2 is 1.85 bits per heavy atom. The number of ether oxygens (including phenoxy) is 2. The lowest BCUT2D eigenvalue weighted by Gasteiger charge is -2.40.